The molecule has 2 aliphatic heterocycles. The van der Waals surface area contributed by atoms with Crippen LogP contribution in [0.15, 0.2) is 18.2 Å². The standard InChI is InChI=1S/C15H22BNO2/c1-10-9-11-7-6-8-12(13(11)17-10)16-18-14(2,3)15(4,5)19-16/h6-8,10,17H,9H2,1-5H3. The van der Waals surface area contributed by atoms with Gasteiger partial charge >= 0.3 is 7.12 Å². The summed E-state index contributed by atoms with van der Waals surface area (Å²) >= 11 is 0. The summed E-state index contributed by atoms with van der Waals surface area (Å²) in [6.07, 6.45) is 1.07. The van der Waals surface area contributed by atoms with E-state index in [2.05, 4.69) is 58.1 Å². The maximum Gasteiger partial charge on any atom is 0.496 e. The minimum atomic E-state index is -0.287. The first kappa shape index (κ1) is 13.0. The van der Waals surface area contributed by atoms with Crippen LogP contribution in [-0.4, -0.2) is 24.4 Å². The molecule has 0 amide bonds. The Morgan fingerprint density at radius 3 is 2.42 bits per heavy atom. The summed E-state index contributed by atoms with van der Waals surface area (Å²) < 4.78 is 12.3. The van der Waals surface area contributed by atoms with Crippen molar-refractivity contribution in [2.75, 3.05) is 5.32 Å². The van der Waals surface area contributed by atoms with Crippen LogP contribution >= 0.6 is 0 Å². The van der Waals surface area contributed by atoms with E-state index in [0.717, 1.165) is 11.9 Å². The molecular formula is C15H22BNO2. The van der Waals surface area contributed by atoms with Crippen molar-refractivity contribution in [1.29, 1.82) is 0 Å². The van der Waals surface area contributed by atoms with Gasteiger partial charge in [-0.3, -0.25) is 0 Å². The molecule has 0 aliphatic carbocycles. The highest BCUT2D eigenvalue weighted by Crippen LogP contribution is 2.37. The second-order valence-electron chi connectivity index (χ2n) is 6.72. The molecule has 3 rings (SSSR count). The molecule has 1 atom stereocenters. The van der Waals surface area contributed by atoms with Crippen LogP contribution in [-0.2, 0) is 15.7 Å². The van der Waals surface area contributed by atoms with E-state index in [1.807, 2.05) is 0 Å². The van der Waals surface area contributed by atoms with Crippen LogP contribution in [0.1, 0.15) is 40.2 Å². The van der Waals surface area contributed by atoms with Gasteiger partial charge in [0.1, 0.15) is 0 Å². The van der Waals surface area contributed by atoms with E-state index in [4.69, 9.17) is 9.31 Å². The predicted octanol–water partition coefficient (Wildman–Crippen LogP) is 2.34. The molecule has 19 heavy (non-hydrogen) atoms. The maximum atomic E-state index is 6.15. The van der Waals surface area contributed by atoms with Crippen LogP contribution in [0.3, 0.4) is 0 Å². The molecule has 1 aromatic carbocycles. The van der Waals surface area contributed by atoms with E-state index in [1.54, 1.807) is 0 Å². The molecule has 2 aliphatic rings. The van der Waals surface area contributed by atoms with Crippen LogP contribution in [0.2, 0.25) is 0 Å². The summed E-state index contributed by atoms with van der Waals surface area (Å²) in [5.41, 5.74) is 3.11. The molecule has 0 saturated carbocycles. The second-order valence-corrected chi connectivity index (χ2v) is 6.72. The van der Waals surface area contributed by atoms with Gasteiger partial charge in [0.15, 0.2) is 0 Å². The number of hydrogen-bond acceptors (Lipinski definition) is 3. The lowest BCUT2D eigenvalue weighted by Crippen LogP contribution is -2.41. The van der Waals surface area contributed by atoms with Gasteiger partial charge < -0.3 is 14.6 Å². The van der Waals surface area contributed by atoms with Crippen LogP contribution in [0, 0.1) is 0 Å². The van der Waals surface area contributed by atoms with Gasteiger partial charge in [-0.1, -0.05) is 18.2 Å². The van der Waals surface area contributed by atoms with Gasteiger partial charge in [-0.05, 0) is 46.6 Å². The highest BCUT2D eigenvalue weighted by Gasteiger charge is 2.52. The number of nitrogens with one attached hydrogen (secondary N) is 1. The summed E-state index contributed by atoms with van der Waals surface area (Å²) in [7, 11) is -0.280. The van der Waals surface area contributed by atoms with Crippen LogP contribution < -0.4 is 10.8 Å². The van der Waals surface area contributed by atoms with E-state index in [1.165, 1.54) is 11.3 Å². The van der Waals surface area contributed by atoms with Crippen molar-refractivity contribution in [2.24, 2.45) is 0 Å². The minimum absolute atomic E-state index is 0.280. The lowest BCUT2D eigenvalue weighted by Gasteiger charge is -2.32. The van der Waals surface area contributed by atoms with E-state index < -0.39 is 0 Å². The molecule has 0 radical (unpaired) electrons. The molecule has 1 aromatic rings. The fourth-order valence-electron chi connectivity index (χ4n) is 2.76. The van der Waals surface area contributed by atoms with Crippen molar-refractivity contribution < 1.29 is 9.31 Å². The average Bonchev–Trinajstić information content (AvgIpc) is 2.75. The molecule has 0 spiro atoms. The molecule has 102 valence electrons. The fraction of sp³-hybridized carbons (Fsp3) is 0.600. The zero-order chi connectivity index (χ0) is 13.8. The van der Waals surface area contributed by atoms with E-state index in [-0.39, 0.29) is 18.3 Å². The van der Waals surface area contributed by atoms with Crippen LogP contribution in [0.25, 0.3) is 0 Å². The van der Waals surface area contributed by atoms with Crippen molar-refractivity contribution in [3.8, 4) is 0 Å². The molecule has 2 heterocycles. The van der Waals surface area contributed by atoms with Crippen LogP contribution in [0.5, 0.6) is 0 Å². The average molecular weight is 259 g/mol. The summed E-state index contributed by atoms with van der Waals surface area (Å²) in [5, 5.41) is 3.54. The highest BCUT2D eigenvalue weighted by atomic mass is 16.7. The van der Waals surface area contributed by atoms with Gasteiger partial charge in [0.25, 0.3) is 0 Å². The maximum absolute atomic E-state index is 6.15. The summed E-state index contributed by atoms with van der Waals surface area (Å²) in [6.45, 7) is 10.6. The summed E-state index contributed by atoms with van der Waals surface area (Å²) in [6, 6.07) is 6.87. The number of para-hydroxylation sites is 1. The zero-order valence-electron chi connectivity index (χ0n) is 12.4. The fourth-order valence-corrected chi connectivity index (χ4v) is 2.76. The minimum Gasteiger partial charge on any atom is -0.399 e. The predicted molar refractivity (Wildman–Crippen MR) is 78.9 cm³/mol. The Bertz CT molecular complexity index is 497. The van der Waals surface area contributed by atoms with Gasteiger partial charge in [0.05, 0.1) is 11.2 Å². The Hall–Kier alpha value is -0.995. The lowest BCUT2D eigenvalue weighted by molar-refractivity contribution is 0.00578. The van der Waals surface area contributed by atoms with Crippen molar-refractivity contribution >= 4 is 18.3 Å². The van der Waals surface area contributed by atoms with Crippen molar-refractivity contribution in [2.45, 2.75) is 58.3 Å². The van der Waals surface area contributed by atoms with Gasteiger partial charge in [0.2, 0.25) is 0 Å². The van der Waals surface area contributed by atoms with Gasteiger partial charge in [-0.15, -0.1) is 0 Å². The van der Waals surface area contributed by atoms with E-state index in [9.17, 15) is 0 Å². The van der Waals surface area contributed by atoms with Crippen molar-refractivity contribution in [3.63, 3.8) is 0 Å². The van der Waals surface area contributed by atoms with Gasteiger partial charge in [0, 0.05) is 17.2 Å². The number of anilines is 1. The molecule has 3 nitrogen and oxygen atoms in total. The SMILES string of the molecule is CC1Cc2cccc(B3OC(C)(C)C(C)(C)O3)c2N1. The van der Waals surface area contributed by atoms with Gasteiger partial charge in [-0.2, -0.15) is 0 Å². The Morgan fingerprint density at radius 1 is 1.16 bits per heavy atom. The lowest BCUT2D eigenvalue weighted by atomic mass is 9.77. The first-order valence-corrected chi connectivity index (χ1v) is 7.04. The molecule has 1 fully saturated rings. The Balaban J connectivity index is 1.96. The van der Waals surface area contributed by atoms with E-state index >= 15 is 0 Å². The molecule has 4 heteroatoms. The summed E-state index contributed by atoms with van der Waals surface area (Å²) in [4.78, 5) is 0. The van der Waals surface area contributed by atoms with Crippen molar-refractivity contribution in [1.82, 2.24) is 0 Å². The Kier molecular flexibility index (Phi) is 2.74. The van der Waals surface area contributed by atoms with Gasteiger partial charge in [-0.25, -0.2) is 0 Å². The number of benzene rings is 1. The highest BCUT2D eigenvalue weighted by molar-refractivity contribution is 6.64. The summed E-state index contributed by atoms with van der Waals surface area (Å²) in [5.74, 6) is 0. The molecule has 1 saturated heterocycles. The first-order valence-electron chi connectivity index (χ1n) is 7.04. The van der Waals surface area contributed by atoms with E-state index in [0.29, 0.717) is 6.04 Å². The molecule has 1 N–H and O–H groups in total. The quantitative estimate of drug-likeness (QED) is 0.785. The first-order chi connectivity index (χ1) is 8.80. The molecule has 1 unspecified atom stereocenters. The third kappa shape index (κ3) is 1.98. The third-order valence-electron chi connectivity index (χ3n) is 4.61. The number of fused-ring (bicyclic) bond motifs is 1. The number of rotatable bonds is 1. The van der Waals surface area contributed by atoms with Crippen LogP contribution in [0.4, 0.5) is 5.69 Å². The smallest absolute Gasteiger partial charge is 0.399 e. The monoisotopic (exact) mass is 259 g/mol. The molecular weight excluding hydrogens is 237 g/mol. The number of hydrogen-bond donors (Lipinski definition) is 1. The Morgan fingerprint density at radius 2 is 1.79 bits per heavy atom. The normalized spacial score (nSPS) is 27.2. The molecule has 0 bridgehead atoms. The third-order valence-corrected chi connectivity index (χ3v) is 4.61. The zero-order valence-corrected chi connectivity index (χ0v) is 12.4. The van der Waals surface area contributed by atoms with Crippen molar-refractivity contribution in [3.05, 3.63) is 23.8 Å². The Labute approximate surface area is 115 Å². The second kappa shape index (κ2) is 4.00. The topological polar surface area (TPSA) is 30.5 Å². The largest absolute Gasteiger partial charge is 0.496 e. The molecule has 0 aromatic heterocycles.